The van der Waals surface area contributed by atoms with Gasteiger partial charge in [0, 0.05) is 41.4 Å². The fourth-order valence-electron chi connectivity index (χ4n) is 1.41. The molecule has 3 nitrogen and oxygen atoms in total. The lowest BCUT2D eigenvalue weighted by molar-refractivity contribution is 0.170. The molecule has 0 aromatic heterocycles. The van der Waals surface area contributed by atoms with Crippen LogP contribution in [0, 0.1) is 5.41 Å². The number of hydrogen-bond donors (Lipinski definition) is 2. The number of anilines is 1. The molecule has 0 spiro atoms. The molecule has 0 saturated carbocycles. The second-order valence-corrected chi connectivity index (χ2v) is 5.73. The molecule has 0 aliphatic heterocycles. The van der Waals surface area contributed by atoms with Crippen LogP contribution in [0.25, 0.3) is 0 Å². The Kier molecular flexibility index (Phi) is 5.43. The van der Waals surface area contributed by atoms with Crippen LogP contribution in [0.2, 0.25) is 0 Å². The predicted octanol–water partition coefficient (Wildman–Crippen LogP) is 3.03. The zero-order chi connectivity index (χ0) is 12.9. The van der Waals surface area contributed by atoms with Crippen LogP contribution in [0.15, 0.2) is 22.7 Å². The van der Waals surface area contributed by atoms with Crippen LogP contribution in [0.3, 0.4) is 0 Å². The summed E-state index contributed by atoms with van der Waals surface area (Å²) in [5, 5.41) is 12.6. The molecule has 1 aromatic rings. The Bertz CT molecular complexity index is 366. The molecule has 0 fully saturated rings. The summed E-state index contributed by atoms with van der Waals surface area (Å²) in [7, 11) is 1.68. The van der Waals surface area contributed by atoms with Gasteiger partial charge in [0.05, 0.1) is 6.61 Å². The van der Waals surface area contributed by atoms with Gasteiger partial charge in [-0.15, -0.1) is 0 Å². The average Bonchev–Trinajstić information content (AvgIpc) is 2.30. The molecule has 0 amide bonds. The van der Waals surface area contributed by atoms with E-state index in [1.165, 1.54) is 0 Å². The molecular formula is C13H20BrNO2. The van der Waals surface area contributed by atoms with Gasteiger partial charge in [0.2, 0.25) is 0 Å². The smallest absolute Gasteiger partial charge is 0.0744 e. The molecule has 0 atom stereocenters. The van der Waals surface area contributed by atoms with E-state index in [-0.39, 0.29) is 12.0 Å². The Morgan fingerprint density at radius 2 is 2.12 bits per heavy atom. The normalized spacial score (nSPS) is 11.6. The number of aliphatic hydroxyl groups is 1. The van der Waals surface area contributed by atoms with Crippen LogP contribution in [-0.4, -0.2) is 25.4 Å². The van der Waals surface area contributed by atoms with Crippen LogP contribution >= 0.6 is 15.9 Å². The van der Waals surface area contributed by atoms with Crippen LogP contribution in [-0.2, 0) is 11.3 Å². The van der Waals surface area contributed by atoms with E-state index in [4.69, 9.17) is 4.74 Å². The topological polar surface area (TPSA) is 41.5 Å². The maximum Gasteiger partial charge on any atom is 0.0744 e. The van der Waals surface area contributed by atoms with E-state index in [0.717, 1.165) is 22.3 Å². The van der Waals surface area contributed by atoms with Crippen molar-refractivity contribution in [1.29, 1.82) is 0 Å². The highest BCUT2D eigenvalue weighted by Crippen LogP contribution is 2.26. The number of benzene rings is 1. The molecule has 0 bridgehead atoms. The van der Waals surface area contributed by atoms with Crippen molar-refractivity contribution < 1.29 is 9.84 Å². The van der Waals surface area contributed by atoms with E-state index in [1.54, 1.807) is 7.11 Å². The second-order valence-electron chi connectivity index (χ2n) is 4.87. The molecule has 96 valence electrons. The van der Waals surface area contributed by atoms with Gasteiger partial charge in [-0.1, -0.05) is 35.8 Å². The van der Waals surface area contributed by atoms with Gasteiger partial charge in [0.25, 0.3) is 0 Å². The minimum atomic E-state index is -0.132. The zero-order valence-corrected chi connectivity index (χ0v) is 12.2. The average molecular weight is 302 g/mol. The van der Waals surface area contributed by atoms with E-state index < -0.39 is 0 Å². The van der Waals surface area contributed by atoms with Gasteiger partial charge in [0.1, 0.15) is 0 Å². The SMILES string of the molecule is COCc1c(Br)cccc1NCC(C)(C)CO. The number of methoxy groups -OCH3 is 1. The summed E-state index contributed by atoms with van der Waals surface area (Å²) >= 11 is 3.52. The third-order valence-corrected chi connectivity index (χ3v) is 3.34. The molecule has 17 heavy (non-hydrogen) atoms. The number of rotatable bonds is 6. The summed E-state index contributed by atoms with van der Waals surface area (Å²) in [5.74, 6) is 0. The third kappa shape index (κ3) is 4.30. The van der Waals surface area contributed by atoms with Crippen LogP contribution < -0.4 is 5.32 Å². The van der Waals surface area contributed by atoms with E-state index >= 15 is 0 Å². The number of hydrogen-bond acceptors (Lipinski definition) is 3. The number of nitrogens with one attached hydrogen (secondary N) is 1. The van der Waals surface area contributed by atoms with Crippen molar-refractivity contribution in [3.05, 3.63) is 28.2 Å². The molecule has 0 heterocycles. The number of ether oxygens (including phenoxy) is 1. The fourth-order valence-corrected chi connectivity index (χ4v) is 1.89. The lowest BCUT2D eigenvalue weighted by atomic mass is 9.95. The third-order valence-electron chi connectivity index (χ3n) is 2.59. The van der Waals surface area contributed by atoms with Gasteiger partial charge in [-0.3, -0.25) is 0 Å². The minimum absolute atomic E-state index is 0.132. The second kappa shape index (κ2) is 6.38. The first-order chi connectivity index (χ1) is 8.00. The Morgan fingerprint density at radius 1 is 1.41 bits per heavy atom. The summed E-state index contributed by atoms with van der Waals surface area (Å²) in [6.45, 7) is 5.48. The molecule has 0 radical (unpaired) electrons. The van der Waals surface area contributed by atoms with Gasteiger partial charge < -0.3 is 15.2 Å². The lowest BCUT2D eigenvalue weighted by Crippen LogP contribution is -2.27. The van der Waals surface area contributed by atoms with Crippen molar-refractivity contribution in [1.82, 2.24) is 0 Å². The standard InChI is InChI=1S/C13H20BrNO2/c1-13(2,9-16)8-15-12-6-4-5-11(14)10(12)7-17-3/h4-6,15-16H,7-9H2,1-3H3. The van der Waals surface area contributed by atoms with Crippen molar-refractivity contribution >= 4 is 21.6 Å². The monoisotopic (exact) mass is 301 g/mol. The van der Waals surface area contributed by atoms with Crippen molar-refractivity contribution in [3.63, 3.8) is 0 Å². The summed E-state index contributed by atoms with van der Waals surface area (Å²) < 4.78 is 6.22. The van der Waals surface area contributed by atoms with E-state index in [1.807, 2.05) is 32.0 Å². The molecular weight excluding hydrogens is 282 g/mol. The molecule has 1 rings (SSSR count). The lowest BCUT2D eigenvalue weighted by Gasteiger charge is -2.24. The summed E-state index contributed by atoms with van der Waals surface area (Å²) in [5.41, 5.74) is 2.01. The molecule has 0 saturated heterocycles. The number of aliphatic hydroxyl groups excluding tert-OH is 1. The van der Waals surface area contributed by atoms with Crippen molar-refractivity contribution in [2.75, 3.05) is 25.6 Å². The van der Waals surface area contributed by atoms with E-state index in [9.17, 15) is 5.11 Å². The molecule has 0 aliphatic carbocycles. The zero-order valence-electron chi connectivity index (χ0n) is 10.6. The highest BCUT2D eigenvalue weighted by molar-refractivity contribution is 9.10. The fraction of sp³-hybridized carbons (Fsp3) is 0.538. The van der Waals surface area contributed by atoms with Crippen LogP contribution in [0.1, 0.15) is 19.4 Å². The molecule has 2 N–H and O–H groups in total. The summed E-state index contributed by atoms with van der Waals surface area (Å²) in [6, 6.07) is 6.00. The largest absolute Gasteiger partial charge is 0.396 e. The Balaban J connectivity index is 2.80. The van der Waals surface area contributed by atoms with E-state index in [2.05, 4.69) is 21.2 Å². The summed E-state index contributed by atoms with van der Waals surface area (Å²) in [4.78, 5) is 0. The van der Waals surface area contributed by atoms with Crippen molar-refractivity contribution in [2.24, 2.45) is 5.41 Å². The van der Waals surface area contributed by atoms with Crippen LogP contribution in [0.5, 0.6) is 0 Å². The first-order valence-electron chi connectivity index (χ1n) is 5.61. The van der Waals surface area contributed by atoms with Gasteiger partial charge in [0.15, 0.2) is 0 Å². The molecule has 0 unspecified atom stereocenters. The maximum atomic E-state index is 9.23. The summed E-state index contributed by atoms with van der Waals surface area (Å²) in [6.07, 6.45) is 0. The van der Waals surface area contributed by atoms with Gasteiger partial charge in [-0.05, 0) is 12.1 Å². The molecule has 0 aliphatic rings. The Morgan fingerprint density at radius 3 is 2.71 bits per heavy atom. The Hall–Kier alpha value is -0.580. The maximum absolute atomic E-state index is 9.23. The first kappa shape index (κ1) is 14.5. The van der Waals surface area contributed by atoms with Crippen molar-refractivity contribution in [3.8, 4) is 0 Å². The highest BCUT2D eigenvalue weighted by Gasteiger charge is 2.17. The minimum Gasteiger partial charge on any atom is -0.396 e. The predicted molar refractivity (Wildman–Crippen MR) is 74.2 cm³/mol. The van der Waals surface area contributed by atoms with Crippen LogP contribution in [0.4, 0.5) is 5.69 Å². The van der Waals surface area contributed by atoms with E-state index in [0.29, 0.717) is 6.61 Å². The molecule has 1 aromatic carbocycles. The quantitative estimate of drug-likeness (QED) is 0.849. The molecule has 4 heteroatoms. The van der Waals surface area contributed by atoms with Crippen molar-refractivity contribution in [2.45, 2.75) is 20.5 Å². The Labute approximate surface area is 111 Å². The highest BCUT2D eigenvalue weighted by atomic mass is 79.9. The first-order valence-corrected chi connectivity index (χ1v) is 6.40. The van der Waals surface area contributed by atoms with Gasteiger partial charge >= 0.3 is 0 Å². The van der Waals surface area contributed by atoms with Gasteiger partial charge in [-0.2, -0.15) is 0 Å². The number of halogens is 1. The van der Waals surface area contributed by atoms with Gasteiger partial charge in [-0.25, -0.2) is 0 Å².